The fourth-order valence-corrected chi connectivity index (χ4v) is 7.25. The zero-order chi connectivity index (χ0) is 19.4. The monoisotopic (exact) mass is 422 g/mol. The van der Waals surface area contributed by atoms with Gasteiger partial charge in [-0.15, -0.1) is 0 Å². The van der Waals surface area contributed by atoms with Crippen LogP contribution in [0.15, 0.2) is 24.3 Å². The van der Waals surface area contributed by atoms with E-state index in [0.717, 1.165) is 49.4 Å². The summed E-state index contributed by atoms with van der Waals surface area (Å²) in [7, 11) is -3.46. The van der Waals surface area contributed by atoms with Crippen LogP contribution in [0.25, 0.3) is 10.1 Å². The van der Waals surface area contributed by atoms with E-state index in [1.807, 2.05) is 0 Å². The third kappa shape index (κ3) is 3.24. The van der Waals surface area contributed by atoms with Crippen molar-refractivity contribution in [3.63, 3.8) is 0 Å². The minimum absolute atomic E-state index is 0.199. The summed E-state index contributed by atoms with van der Waals surface area (Å²) in [5.74, 6) is 2.07. The van der Waals surface area contributed by atoms with Crippen LogP contribution in [0.3, 0.4) is 0 Å². The van der Waals surface area contributed by atoms with Gasteiger partial charge >= 0.3 is 0 Å². The van der Waals surface area contributed by atoms with E-state index in [-0.39, 0.29) is 6.23 Å². The smallest absolute Gasteiger partial charge is 0.269 e. The predicted molar refractivity (Wildman–Crippen MR) is 112 cm³/mol. The van der Waals surface area contributed by atoms with Gasteiger partial charge in [0.1, 0.15) is 0 Å². The summed E-state index contributed by atoms with van der Waals surface area (Å²) in [5, 5.41) is 1.22. The average molecular weight is 423 g/mol. The number of hydrogen-bond donors (Lipinski definition) is 0. The Kier molecular flexibility index (Phi) is 4.65. The van der Waals surface area contributed by atoms with Crippen molar-refractivity contribution >= 4 is 37.6 Å². The van der Waals surface area contributed by atoms with Crippen LogP contribution in [-0.4, -0.2) is 62.5 Å². The molecule has 1 aliphatic carbocycles. The Balaban J connectivity index is 1.40. The van der Waals surface area contributed by atoms with Gasteiger partial charge < -0.3 is 4.90 Å². The highest BCUT2D eigenvalue weighted by Gasteiger charge is 2.57. The van der Waals surface area contributed by atoms with E-state index in [4.69, 9.17) is 8.56 Å². The molecule has 1 spiro atoms. The van der Waals surface area contributed by atoms with Crippen molar-refractivity contribution < 1.29 is 17.1 Å². The lowest BCUT2D eigenvalue weighted by Gasteiger charge is -2.45. The average Bonchev–Trinajstić information content (AvgIpc) is 3.22. The molecule has 2 aromatic rings. The molecule has 0 N–H and O–H groups in total. The standard InChI is InChI=1S/C20H28N3O3S2/c1-28(24,25)26-20-16-7-3-2-6-15(16)14-23(20)12-10-22(11-13-23)19-17-8-4-5-9-18(17)27-21-19/h4-5,8-9,15-16,20H,2-3,6-7,10-14H2,1H3/q+1. The van der Waals surface area contributed by atoms with Crippen LogP contribution in [0.1, 0.15) is 25.7 Å². The van der Waals surface area contributed by atoms with E-state index < -0.39 is 10.1 Å². The summed E-state index contributed by atoms with van der Waals surface area (Å²) in [5.41, 5.74) is 0. The minimum atomic E-state index is -3.46. The highest BCUT2D eigenvalue weighted by Crippen LogP contribution is 2.46. The van der Waals surface area contributed by atoms with Crippen LogP contribution in [0.5, 0.6) is 0 Å². The number of rotatable bonds is 3. The van der Waals surface area contributed by atoms with Crippen molar-refractivity contribution in [3.8, 4) is 0 Å². The third-order valence-electron chi connectivity index (χ3n) is 7.03. The number of nitrogens with zero attached hydrogens (tertiary/aromatic N) is 3. The SMILES string of the molecule is CS(=O)(=O)OC1C2CCCCC2C[N+]12CCN(c1nsc3ccccc13)CC2. The van der Waals surface area contributed by atoms with Gasteiger partial charge in [0.05, 0.1) is 43.7 Å². The van der Waals surface area contributed by atoms with Gasteiger partial charge in [-0.3, -0.25) is 4.48 Å². The first-order valence-electron chi connectivity index (χ1n) is 10.3. The first kappa shape index (κ1) is 18.8. The molecule has 3 atom stereocenters. The van der Waals surface area contributed by atoms with E-state index >= 15 is 0 Å². The second kappa shape index (κ2) is 6.93. The van der Waals surface area contributed by atoms with Crippen molar-refractivity contribution in [2.24, 2.45) is 11.8 Å². The van der Waals surface area contributed by atoms with Crippen LogP contribution in [0, 0.1) is 11.8 Å². The molecule has 2 aliphatic heterocycles. The summed E-state index contributed by atoms with van der Waals surface area (Å²) in [6, 6.07) is 8.39. The Labute approximate surface area is 171 Å². The van der Waals surface area contributed by atoms with Gasteiger partial charge in [-0.2, -0.15) is 12.8 Å². The van der Waals surface area contributed by atoms with Gasteiger partial charge in [-0.25, -0.2) is 4.18 Å². The highest BCUT2D eigenvalue weighted by atomic mass is 32.2. The lowest BCUT2D eigenvalue weighted by Crippen LogP contribution is -2.63. The van der Waals surface area contributed by atoms with Gasteiger partial charge in [0, 0.05) is 17.2 Å². The predicted octanol–water partition coefficient (Wildman–Crippen LogP) is 3.06. The van der Waals surface area contributed by atoms with Gasteiger partial charge in [0.15, 0.2) is 5.82 Å². The topological polar surface area (TPSA) is 59.5 Å². The Morgan fingerprint density at radius 2 is 1.93 bits per heavy atom. The highest BCUT2D eigenvalue weighted by molar-refractivity contribution is 7.86. The van der Waals surface area contributed by atoms with E-state index in [1.54, 1.807) is 11.5 Å². The molecule has 1 aromatic heterocycles. The zero-order valence-corrected chi connectivity index (χ0v) is 17.9. The van der Waals surface area contributed by atoms with E-state index in [2.05, 4.69) is 29.2 Å². The van der Waals surface area contributed by atoms with Crippen LogP contribution >= 0.6 is 11.5 Å². The Bertz CT molecular complexity index is 966. The third-order valence-corrected chi connectivity index (χ3v) is 8.40. The molecule has 3 fully saturated rings. The first-order chi connectivity index (χ1) is 13.5. The van der Waals surface area contributed by atoms with Crippen LogP contribution in [0.4, 0.5) is 5.82 Å². The van der Waals surface area contributed by atoms with Crippen molar-refractivity contribution in [2.45, 2.75) is 31.9 Å². The maximum absolute atomic E-state index is 12.0. The number of fused-ring (bicyclic) bond motifs is 2. The normalized spacial score (nSPS) is 30.0. The van der Waals surface area contributed by atoms with Crippen molar-refractivity contribution in [1.29, 1.82) is 0 Å². The Morgan fingerprint density at radius 1 is 1.18 bits per heavy atom. The van der Waals surface area contributed by atoms with E-state index in [9.17, 15) is 8.42 Å². The number of quaternary nitrogens is 1. The molecular formula is C20H28N3O3S2+. The zero-order valence-electron chi connectivity index (χ0n) is 16.3. The fourth-order valence-electron chi connectivity index (χ4n) is 5.77. The van der Waals surface area contributed by atoms with E-state index in [0.29, 0.717) is 11.8 Å². The molecule has 8 heteroatoms. The molecule has 0 bridgehead atoms. The van der Waals surface area contributed by atoms with Gasteiger partial charge in [-0.05, 0) is 36.5 Å². The summed E-state index contributed by atoms with van der Waals surface area (Å²) < 4.78 is 36.6. The first-order valence-corrected chi connectivity index (χ1v) is 12.9. The molecule has 152 valence electrons. The van der Waals surface area contributed by atoms with Crippen LogP contribution in [-0.2, 0) is 14.3 Å². The largest absolute Gasteiger partial charge is 0.344 e. The molecule has 1 aromatic carbocycles. The lowest BCUT2D eigenvalue weighted by atomic mass is 9.81. The van der Waals surface area contributed by atoms with Crippen LogP contribution < -0.4 is 4.90 Å². The summed E-state index contributed by atoms with van der Waals surface area (Å²) in [6.07, 6.45) is 5.79. The maximum Gasteiger partial charge on any atom is 0.269 e. The summed E-state index contributed by atoms with van der Waals surface area (Å²) in [6.45, 7) is 4.72. The Morgan fingerprint density at radius 3 is 2.71 bits per heavy atom. The molecule has 5 rings (SSSR count). The van der Waals surface area contributed by atoms with Crippen molar-refractivity contribution in [1.82, 2.24) is 4.37 Å². The van der Waals surface area contributed by atoms with Gasteiger partial charge in [0.2, 0.25) is 6.23 Å². The number of piperazine rings is 1. The van der Waals surface area contributed by atoms with E-state index in [1.165, 1.54) is 35.6 Å². The molecule has 0 radical (unpaired) electrons. The summed E-state index contributed by atoms with van der Waals surface area (Å²) in [4.78, 5) is 2.38. The molecule has 3 unspecified atom stereocenters. The maximum atomic E-state index is 12.0. The van der Waals surface area contributed by atoms with Gasteiger partial charge in [-0.1, -0.05) is 25.0 Å². The molecule has 1 saturated carbocycles. The number of aromatic nitrogens is 1. The molecule has 6 nitrogen and oxygen atoms in total. The Hall–Kier alpha value is -1.22. The quantitative estimate of drug-likeness (QED) is 0.562. The molecule has 2 saturated heterocycles. The van der Waals surface area contributed by atoms with Crippen molar-refractivity contribution in [3.05, 3.63) is 24.3 Å². The van der Waals surface area contributed by atoms with Crippen LogP contribution in [0.2, 0.25) is 0 Å². The minimum Gasteiger partial charge on any atom is -0.344 e. The van der Waals surface area contributed by atoms with Gasteiger partial charge in [0.25, 0.3) is 10.1 Å². The lowest BCUT2D eigenvalue weighted by molar-refractivity contribution is -0.959. The fraction of sp³-hybridized carbons (Fsp3) is 0.650. The second-order valence-electron chi connectivity index (χ2n) is 8.74. The van der Waals surface area contributed by atoms with Crippen molar-refractivity contribution in [2.75, 3.05) is 43.9 Å². The second-order valence-corrected chi connectivity index (χ2v) is 11.1. The molecule has 3 heterocycles. The molecule has 0 amide bonds. The summed E-state index contributed by atoms with van der Waals surface area (Å²) >= 11 is 1.56. The molecular weight excluding hydrogens is 394 g/mol. The number of anilines is 1. The number of benzene rings is 1. The molecule has 3 aliphatic rings. The number of hydrogen-bond acceptors (Lipinski definition) is 6. The molecule has 28 heavy (non-hydrogen) atoms.